The van der Waals surface area contributed by atoms with Gasteiger partial charge in [-0.1, -0.05) is 11.6 Å². The molecule has 0 heterocycles. The number of anilines is 2. The maximum atomic E-state index is 12.8. The summed E-state index contributed by atoms with van der Waals surface area (Å²) in [6.45, 7) is 1.69. The molecule has 11 heteroatoms. The standard InChI is InChI=1S/C18H18ClF3N2O4S/c1-3-28-12-5-7-14(16(9-12)29(2,26)27)23-10-17(25)24-15-8-11(18(20,21)22)4-6-13(15)19/h4-9,23H,3,10H2,1-2H3,(H,24,25). The second kappa shape index (κ2) is 8.91. The van der Waals surface area contributed by atoms with Crippen LogP contribution in [0.15, 0.2) is 41.3 Å². The molecule has 0 unspecified atom stereocenters. The lowest BCUT2D eigenvalue weighted by Gasteiger charge is -2.14. The van der Waals surface area contributed by atoms with Crippen molar-refractivity contribution in [1.29, 1.82) is 0 Å². The summed E-state index contributed by atoms with van der Waals surface area (Å²) in [4.78, 5) is 12.1. The van der Waals surface area contributed by atoms with E-state index in [1.54, 1.807) is 6.92 Å². The van der Waals surface area contributed by atoms with Crippen molar-refractivity contribution in [3.63, 3.8) is 0 Å². The van der Waals surface area contributed by atoms with Gasteiger partial charge in [0.05, 0.1) is 40.0 Å². The molecule has 1 amide bonds. The molecule has 0 aromatic heterocycles. The molecule has 2 aromatic carbocycles. The average Bonchev–Trinajstić information content (AvgIpc) is 2.61. The molecule has 2 rings (SSSR count). The molecule has 0 aliphatic carbocycles. The zero-order valence-corrected chi connectivity index (χ0v) is 17.0. The second-order valence-electron chi connectivity index (χ2n) is 5.96. The van der Waals surface area contributed by atoms with Gasteiger partial charge in [-0.25, -0.2) is 8.42 Å². The van der Waals surface area contributed by atoms with Crippen LogP contribution >= 0.6 is 11.6 Å². The van der Waals surface area contributed by atoms with Crippen LogP contribution in [0.1, 0.15) is 12.5 Å². The number of amides is 1. The Hall–Kier alpha value is -2.46. The van der Waals surface area contributed by atoms with E-state index in [9.17, 15) is 26.4 Å². The number of alkyl halides is 3. The summed E-state index contributed by atoms with van der Waals surface area (Å²) in [6.07, 6.45) is -3.58. The van der Waals surface area contributed by atoms with Crippen molar-refractivity contribution in [2.24, 2.45) is 0 Å². The van der Waals surface area contributed by atoms with Gasteiger partial charge in [0, 0.05) is 12.3 Å². The lowest BCUT2D eigenvalue weighted by Crippen LogP contribution is -2.23. The van der Waals surface area contributed by atoms with Gasteiger partial charge in [0.15, 0.2) is 9.84 Å². The van der Waals surface area contributed by atoms with Crippen molar-refractivity contribution in [3.05, 3.63) is 47.0 Å². The highest BCUT2D eigenvalue weighted by molar-refractivity contribution is 7.90. The molecule has 0 fully saturated rings. The van der Waals surface area contributed by atoms with E-state index in [0.29, 0.717) is 12.4 Å². The van der Waals surface area contributed by atoms with Crippen LogP contribution in [0, 0.1) is 0 Å². The molecule has 6 nitrogen and oxygen atoms in total. The number of benzene rings is 2. The lowest BCUT2D eigenvalue weighted by atomic mass is 10.2. The number of carbonyl (C=O) groups is 1. The molecule has 0 bridgehead atoms. The zero-order chi connectivity index (χ0) is 21.8. The third kappa shape index (κ3) is 6.26. The zero-order valence-electron chi connectivity index (χ0n) is 15.4. The van der Waals surface area contributed by atoms with E-state index in [0.717, 1.165) is 24.5 Å². The van der Waals surface area contributed by atoms with Crippen LogP contribution < -0.4 is 15.4 Å². The normalized spacial score (nSPS) is 11.8. The second-order valence-corrected chi connectivity index (χ2v) is 8.35. The number of carbonyl (C=O) groups excluding carboxylic acids is 1. The lowest BCUT2D eigenvalue weighted by molar-refractivity contribution is -0.137. The Morgan fingerprint density at radius 3 is 2.41 bits per heavy atom. The smallest absolute Gasteiger partial charge is 0.416 e. The predicted molar refractivity (Wildman–Crippen MR) is 104 cm³/mol. The van der Waals surface area contributed by atoms with E-state index in [1.807, 2.05) is 0 Å². The highest BCUT2D eigenvalue weighted by atomic mass is 35.5. The molecule has 2 N–H and O–H groups in total. The molecule has 0 saturated heterocycles. The Kier molecular flexibility index (Phi) is 7.02. The van der Waals surface area contributed by atoms with Crippen LogP contribution in [0.2, 0.25) is 5.02 Å². The molecule has 29 heavy (non-hydrogen) atoms. The molecule has 158 valence electrons. The molecular formula is C18H18ClF3N2O4S. The first-order valence-electron chi connectivity index (χ1n) is 8.29. The Balaban J connectivity index is 2.16. The van der Waals surface area contributed by atoms with Gasteiger partial charge in [-0.05, 0) is 37.3 Å². The van der Waals surface area contributed by atoms with E-state index < -0.39 is 34.0 Å². The average molecular weight is 451 g/mol. The van der Waals surface area contributed by atoms with Gasteiger partial charge in [0.25, 0.3) is 0 Å². The number of nitrogens with one attached hydrogen (secondary N) is 2. The number of hydrogen-bond donors (Lipinski definition) is 2. The Morgan fingerprint density at radius 2 is 1.83 bits per heavy atom. The van der Waals surface area contributed by atoms with Crippen molar-refractivity contribution < 1.29 is 31.1 Å². The minimum atomic E-state index is -4.59. The topological polar surface area (TPSA) is 84.5 Å². The SMILES string of the molecule is CCOc1ccc(NCC(=O)Nc2cc(C(F)(F)F)ccc2Cl)c(S(C)(=O)=O)c1. The quantitative estimate of drug-likeness (QED) is 0.660. The Bertz CT molecular complexity index is 1010. The van der Waals surface area contributed by atoms with E-state index in [-0.39, 0.29) is 21.3 Å². The van der Waals surface area contributed by atoms with Gasteiger partial charge >= 0.3 is 6.18 Å². The van der Waals surface area contributed by atoms with Crippen LogP contribution in [0.5, 0.6) is 5.75 Å². The van der Waals surface area contributed by atoms with Gasteiger partial charge in [0.1, 0.15) is 5.75 Å². The molecule has 0 spiro atoms. The molecule has 2 aromatic rings. The minimum Gasteiger partial charge on any atom is -0.494 e. The maximum absolute atomic E-state index is 12.8. The highest BCUT2D eigenvalue weighted by Gasteiger charge is 2.31. The predicted octanol–water partition coefficient (Wildman–Crippen LogP) is 4.21. The van der Waals surface area contributed by atoms with Crippen molar-refractivity contribution in [2.75, 3.05) is 30.0 Å². The molecule has 0 aliphatic heterocycles. The summed E-state index contributed by atoms with van der Waals surface area (Å²) in [5.41, 5.74) is -1.01. The highest BCUT2D eigenvalue weighted by Crippen LogP contribution is 2.34. The van der Waals surface area contributed by atoms with Crippen LogP contribution in [0.3, 0.4) is 0 Å². The minimum absolute atomic E-state index is 0.0655. The van der Waals surface area contributed by atoms with Crippen molar-refractivity contribution >= 4 is 38.7 Å². The van der Waals surface area contributed by atoms with E-state index in [4.69, 9.17) is 16.3 Å². The summed E-state index contributed by atoms with van der Waals surface area (Å²) < 4.78 is 67.7. The molecule has 0 atom stereocenters. The Labute approximate surface area is 170 Å². The third-order valence-electron chi connectivity index (χ3n) is 3.67. The maximum Gasteiger partial charge on any atom is 0.416 e. The fourth-order valence-electron chi connectivity index (χ4n) is 2.38. The summed E-state index contributed by atoms with van der Waals surface area (Å²) in [5, 5.41) is 4.87. The van der Waals surface area contributed by atoms with Gasteiger partial charge < -0.3 is 15.4 Å². The molecule has 0 aliphatic rings. The van der Waals surface area contributed by atoms with E-state index >= 15 is 0 Å². The van der Waals surface area contributed by atoms with Crippen molar-refractivity contribution in [2.45, 2.75) is 18.0 Å². The number of sulfone groups is 1. The van der Waals surface area contributed by atoms with Crippen molar-refractivity contribution in [3.8, 4) is 5.75 Å². The van der Waals surface area contributed by atoms with Crippen LogP contribution in [0.25, 0.3) is 0 Å². The first kappa shape index (κ1) is 22.8. The molecule has 0 radical (unpaired) electrons. The summed E-state index contributed by atoms with van der Waals surface area (Å²) in [5.74, 6) is -0.363. The van der Waals surface area contributed by atoms with Gasteiger partial charge in [0.2, 0.25) is 5.91 Å². The summed E-state index contributed by atoms with van der Waals surface area (Å²) in [7, 11) is -3.63. The first-order valence-corrected chi connectivity index (χ1v) is 10.6. The summed E-state index contributed by atoms with van der Waals surface area (Å²) in [6, 6.07) is 6.84. The number of halogens is 4. The third-order valence-corrected chi connectivity index (χ3v) is 5.14. The monoisotopic (exact) mass is 450 g/mol. The van der Waals surface area contributed by atoms with Crippen molar-refractivity contribution in [1.82, 2.24) is 0 Å². The van der Waals surface area contributed by atoms with E-state index in [1.165, 1.54) is 18.2 Å². The summed E-state index contributed by atoms with van der Waals surface area (Å²) >= 11 is 5.84. The number of ether oxygens (including phenoxy) is 1. The van der Waals surface area contributed by atoms with Crippen LogP contribution in [-0.2, 0) is 20.8 Å². The van der Waals surface area contributed by atoms with Gasteiger partial charge in [-0.3, -0.25) is 4.79 Å². The Morgan fingerprint density at radius 1 is 1.14 bits per heavy atom. The number of hydrogen-bond acceptors (Lipinski definition) is 5. The van der Waals surface area contributed by atoms with Crippen LogP contribution in [0.4, 0.5) is 24.5 Å². The van der Waals surface area contributed by atoms with Gasteiger partial charge in [-0.2, -0.15) is 13.2 Å². The largest absolute Gasteiger partial charge is 0.494 e. The fourth-order valence-corrected chi connectivity index (χ4v) is 3.41. The van der Waals surface area contributed by atoms with E-state index in [2.05, 4.69) is 10.6 Å². The first-order chi connectivity index (χ1) is 13.4. The van der Waals surface area contributed by atoms with Gasteiger partial charge in [-0.15, -0.1) is 0 Å². The number of rotatable bonds is 7. The fraction of sp³-hybridized carbons (Fsp3) is 0.278. The molecular weight excluding hydrogens is 433 g/mol. The molecule has 0 saturated carbocycles. The van der Waals surface area contributed by atoms with Crippen LogP contribution in [-0.4, -0.2) is 33.7 Å².